The molecule has 1 aliphatic heterocycles. The number of nitrogens with one attached hydrogen (secondary N) is 1. The highest BCUT2D eigenvalue weighted by atomic mass is 35.5. The van der Waals surface area contributed by atoms with Gasteiger partial charge in [0.25, 0.3) is 0 Å². The van der Waals surface area contributed by atoms with E-state index >= 15 is 0 Å². The van der Waals surface area contributed by atoms with Crippen LogP contribution in [0.4, 0.5) is 5.82 Å². The van der Waals surface area contributed by atoms with Crippen LogP contribution in [-0.4, -0.2) is 53.4 Å². The molecule has 7 heteroatoms. The molecule has 1 N–H and O–H groups in total. The summed E-state index contributed by atoms with van der Waals surface area (Å²) in [7, 11) is 2.13. The van der Waals surface area contributed by atoms with Crippen LogP contribution in [0.2, 0.25) is 0 Å². The Balaban J connectivity index is 1.53. The SMILES string of the molecule is CN1CCN(c2ccc(CNC(=O)C3(C)CC3(Cl)Cl)cn2)CC1. The molecule has 0 bridgehead atoms. The first-order chi connectivity index (χ1) is 10.8. The summed E-state index contributed by atoms with van der Waals surface area (Å²) < 4.78 is -0.930. The topological polar surface area (TPSA) is 48.5 Å². The Bertz CT molecular complexity index is 584. The standard InChI is InChI=1S/C16H22Cl2N4O/c1-15(11-16(15,17)18)14(23)20-10-12-3-4-13(19-9-12)22-7-5-21(2)6-8-22/h3-4,9H,5-8,10-11H2,1-2H3,(H,20,23). The van der Waals surface area contributed by atoms with E-state index in [-0.39, 0.29) is 5.91 Å². The number of likely N-dealkylation sites (N-methyl/N-ethyl adjacent to an activating group) is 1. The van der Waals surface area contributed by atoms with Gasteiger partial charge in [0.1, 0.15) is 10.2 Å². The number of pyridine rings is 1. The third-order valence-electron chi connectivity index (χ3n) is 4.85. The Hall–Kier alpha value is -1.04. The molecule has 126 valence electrons. The van der Waals surface area contributed by atoms with Crippen LogP contribution < -0.4 is 10.2 Å². The number of carbonyl (C=O) groups is 1. The lowest BCUT2D eigenvalue weighted by Gasteiger charge is -2.33. The monoisotopic (exact) mass is 356 g/mol. The lowest BCUT2D eigenvalue weighted by Crippen LogP contribution is -2.44. The molecule has 1 saturated heterocycles. The molecule has 1 aliphatic carbocycles. The molecule has 1 aromatic heterocycles. The number of hydrogen-bond acceptors (Lipinski definition) is 4. The van der Waals surface area contributed by atoms with E-state index in [1.54, 1.807) is 6.92 Å². The third-order valence-corrected chi connectivity index (χ3v) is 5.95. The minimum atomic E-state index is -0.930. The maximum Gasteiger partial charge on any atom is 0.229 e. The average molecular weight is 357 g/mol. The highest BCUT2D eigenvalue weighted by Gasteiger charge is 2.67. The second-order valence-corrected chi connectivity index (χ2v) is 8.19. The number of anilines is 1. The molecule has 2 aliphatic rings. The first-order valence-corrected chi connectivity index (χ1v) is 8.62. The summed E-state index contributed by atoms with van der Waals surface area (Å²) in [6, 6.07) is 4.02. The predicted molar refractivity (Wildman–Crippen MR) is 93.0 cm³/mol. The maximum absolute atomic E-state index is 12.1. The minimum absolute atomic E-state index is 0.106. The smallest absolute Gasteiger partial charge is 0.229 e. The fraction of sp³-hybridized carbons (Fsp3) is 0.625. The summed E-state index contributed by atoms with van der Waals surface area (Å²) in [6.45, 7) is 6.32. The summed E-state index contributed by atoms with van der Waals surface area (Å²) in [6.07, 6.45) is 2.31. The van der Waals surface area contributed by atoms with E-state index < -0.39 is 9.75 Å². The van der Waals surface area contributed by atoms with Crippen molar-refractivity contribution in [2.24, 2.45) is 5.41 Å². The van der Waals surface area contributed by atoms with E-state index in [1.807, 2.05) is 18.3 Å². The van der Waals surface area contributed by atoms with E-state index in [0.717, 1.165) is 37.6 Å². The molecule has 5 nitrogen and oxygen atoms in total. The Kier molecular flexibility index (Phi) is 4.47. The fourth-order valence-corrected chi connectivity index (χ4v) is 3.47. The van der Waals surface area contributed by atoms with Crippen molar-refractivity contribution in [3.63, 3.8) is 0 Å². The van der Waals surface area contributed by atoms with Gasteiger partial charge in [-0.25, -0.2) is 4.98 Å². The molecule has 2 fully saturated rings. The van der Waals surface area contributed by atoms with Crippen molar-refractivity contribution >= 4 is 34.9 Å². The van der Waals surface area contributed by atoms with Crippen LogP contribution >= 0.6 is 23.2 Å². The number of amides is 1. The Morgan fingerprint density at radius 2 is 1.96 bits per heavy atom. The summed E-state index contributed by atoms with van der Waals surface area (Å²) >= 11 is 12.1. The van der Waals surface area contributed by atoms with Crippen LogP contribution in [0.1, 0.15) is 18.9 Å². The quantitative estimate of drug-likeness (QED) is 0.838. The second kappa shape index (κ2) is 6.11. The number of carbonyl (C=O) groups excluding carboxylic acids is 1. The van der Waals surface area contributed by atoms with Crippen LogP contribution in [0.15, 0.2) is 18.3 Å². The number of aromatic nitrogens is 1. The molecule has 0 spiro atoms. The molecular formula is C16H22Cl2N4O. The average Bonchev–Trinajstić information content (AvgIpc) is 3.06. The molecule has 1 unspecified atom stereocenters. The Morgan fingerprint density at radius 1 is 1.30 bits per heavy atom. The zero-order chi connectivity index (χ0) is 16.7. The van der Waals surface area contributed by atoms with Crippen LogP contribution in [0, 0.1) is 5.41 Å². The van der Waals surface area contributed by atoms with Gasteiger partial charge < -0.3 is 15.1 Å². The summed E-state index contributed by atoms with van der Waals surface area (Å²) in [5.74, 6) is 0.883. The molecule has 0 radical (unpaired) electrons. The van der Waals surface area contributed by atoms with Gasteiger partial charge in [0.2, 0.25) is 5.91 Å². The van der Waals surface area contributed by atoms with Crippen LogP contribution in [0.3, 0.4) is 0 Å². The molecule has 1 atom stereocenters. The van der Waals surface area contributed by atoms with E-state index in [1.165, 1.54) is 0 Å². The van der Waals surface area contributed by atoms with E-state index in [2.05, 4.69) is 27.1 Å². The number of alkyl halides is 2. The summed E-state index contributed by atoms with van der Waals surface area (Å²) in [5, 5.41) is 2.89. The number of nitrogens with zero attached hydrogens (tertiary/aromatic N) is 3. The predicted octanol–water partition coefficient (Wildman–Crippen LogP) is 2.03. The van der Waals surface area contributed by atoms with E-state index in [4.69, 9.17) is 23.2 Å². The number of rotatable bonds is 4. The number of halogens is 2. The van der Waals surface area contributed by atoms with Gasteiger partial charge in [0, 0.05) is 38.9 Å². The maximum atomic E-state index is 12.1. The van der Waals surface area contributed by atoms with Gasteiger partial charge in [-0.2, -0.15) is 0 Å². The molecule has 1 saturated carbocycles. The van der Waals surface area contributed by atoms with Gasteiger partial charge in [-0.05, 0) is 32.0 Å². The lowest BCUT2D eigenvalue weighted by molar-refractivity contribution is -0.125. The lowest BCUT2D eigenvalue weighted by atomic mass is 10.1. The molecule has 1 aromatic rings. The molecule has 1 amide bonds. The molecular weight excluding hydrogens is 335 g/mol. The van der Waals surface area contributed by atoms with Gasteiger partial charge in [-0.1, -0.05) is 6.07 Å². The van der Waals surface area contributed by atoms with Crippen LogP contribution in [0.5, 0.6) is 0 Å². The first kappa shape index (κ1) is 16.8. The first-order valence-electron chi connectivity index (χ1n) is 7.86. The van der Waals surface area contributed by atoms with Gasteiger partial charge in [-0.15, -0.1) is 23.2 Å². The molecule has 0 aromatic carbocycles. The zero-order valence-corrected chi connectivity index (χ0v) is 15.0. The molecule has 23 heavy (non-hydrogen) atoms. The Labute approximate surface area is 146 Å². The van der Waals surface area contributed by atoms with Gasteiger partial charge in [0.15, 0.2) is 0 Å². The van der Waals surface area contributed by atoms with Crippen molar-refractivity contribution in [3.8, 4) is 0 Å². The highest BCUT2D eigenvalue weighted by molar-refractivity contribution is 6.53. The van der Waals surface area contributed by atoms with Crippen LogP contribution in [0.25, 0.3) is 0 Å². The third kappa shape index (κ3) is 3.42. The molecule has 3 rings (SSSR count). The van der Waals surface area contributed by atoms with Crippen molar-refractivity contribution in [2.75, 3.05) is 38.1 Å². The van der Waals surface area contributed by atoms with Crippen molar-refractivity contribution in [1.82, 2.24) is 15.2 Å². The zero-order valence-electron chi connectivity index (χ0n) is 13.5. The van der Waals surface area contributed by atoms with Crippen molar-refractivity contribution in [1.29, 1.82) is 0 Å². The van der Waals surface area contributed by atoms with Crippen molar-refractivity contribution in [2.45, 2.75) is 24.2 Å². The summed E-state index contributed by atoms with van der Waals surface area (Å²) in [4.78, 5) is 21.3. The van der Waals surface area contributed by atoms with Gasteiger partial charge in [0.05, 0.1) is 5.41 Å². The minimum Gasteiger partial charge on any atom is -0.354 e. The molecule has 2 heterocycles. The van der Waals surface area contributed by atoms with Gasteiger partial charge in [-0.3, -0.25) is 4.79 Å². The normalized spacial score (nSPS) is 26.9. The fourth-order valence-electron chi connectivity index (χ4n) is 2.77. The highest BCUT2D eigenvalue weighted by Crippen LogP contribution is 2.63. The van der Waals surface area contributed by atoms with Crippen molar-refractivity contribution < 1.29 is 4.79 Å². The summed E-state index contributed by atoms with van der Waals surface area (Å²) in [5.41, 5.74) is 0.291. The van der Waals surface area contributed by atoms with Crippen LogP contribution in [-0.2, 0) is 11.3 Å². The van der Waals surface area contributed by atoms with Crippen molar-refractivity contribution in [3.05, 3.63) is 23.9 Å². The largest absolute Gasteiger partial charge is 0.354 e. The Morgan fingerprint density at radius 3 is 2.48 bits per heavy atom. The number of piperazine rings is 1. The second-order valence-electron chi connectivity index (χ2n) is 6.71. The van der Waals surface area contributed by atoms with E-state index in [9.17, 15) is 4.79 Å². The van der Waals surface area contributed by atoms with Gasteiger partial charge >= 0.3 is 0 Å². The number of hydrogen-bond donors (Lipinski definition) is 1. The van der Waals surface area contributed by atoms with E-state index in [0.29, 0.717) is 13.0 Å².